The second-order valence-corrected chi connectivity index (χ2v) is 5.88. The van der Waals surface area contributed by atoms with Gasteiger partial charge in [0.05, 0.1) is 6.10 Å². The predicted molar refractivity (Wildman–Crippen MR) is 91.9 cm³/mol. The van der Waals surface area contributed by atoms with Gasteiger partial charge in [0.15, 0.2) is 0 Å². The summed E-state index contributed by atoms with van der Waals surface area (Å²) in [5.74, 6) is 0.409. The fraction of sp³-hybridized carbons (Fsp3) is 0.294. The highest BCUT2D eigenvalue weighted by molar-refractivity contribution is 6.30. The van der Waals surface area contributed by atoms with Gasteiger partial charge in [-0.1, -0.05) is 23.7 Å². The van der Waals surface area contributed by atoms with Crippen LogP contribution in [0.4, 0.5) is 10.5 Å². The number of benzene rings is 1. The van der Waals surface area contributed by atoms with Crippen molar-refractivity contribution < 1.29 is 9.53 Å². The minimum Gasteiger partial charge on any atom is -0.473 e. The summed E-state index contributed by atoms with van der Waals surface area (Å²) in [4.78, 5) is 18.1. The number of carbonyl (C=O) groups is 1. The van der Waals surface area contributed by atoms with E-state index in [0.717, 1.165) is 5.56 Å². The molecule has 2 aromatic rings. The van der Waals surface area contributed by atoms with Gasteiger partial charge in [0.25, 0.3) is 0 Å². The number of nitrogens with one attached hydrogen (secondary N) is 1. The van der Waals surface area contributed by atoms with Crippen LogP contribution in [0, 0.1) is 0 Å². The highest BCUT2D eigenvalue weighted by Gasteiger charge is 2.13. The fourth-order valence-corrected chi connectivity index (χ4v) is 2.21. The summed E-state index contributed by atoms with van der Waals surface area (Å²) in [7, 11) is 1.72. The van der Waals surface area contributed by atoms with E-state index < -0.39 is 0 Å². The molecule has 6 heteroatoms. The lowest BCUT2D eigenvalue weighted by molar-refractivity contribution is 0.219. The van der Waals surface area contributed by atoms with Crippen LogP contribution in [0.15, 0.2) is 42.6 Å². The highest BCUT2D eigenvalue weighted by atomic mass is 35.5. The number of hydrogen-bond acceptors (Lipinski definition) is 3. The van der Waals surface area contributed by atoms with Gasteiger partial charge in [0, 0.05) is 24.8 Å². The number of urea groups is 1. The lowest BCUT2D eigenvalue weighted by atomic mass is 10.2. The van der Waals surface area contributed by atoms with E-state index >= 15 is 0 Å². The lowest BCUT2D eigenvalue weighted by Crippen LogP contribution is -2.31. The van der Waals surface area contributed by atoms with E-state index in [2.05, 4.69) is 10.3 Å². The molecule has 0 saturated heterocycles. The predicted octanol–water partition coefficient (Wildman–Crippen LogP) is 4.19. The summed E-state index contributed by atoms with van der Waals surface area (Å²) in [6.07, 6.45) is 1.60. The van der Waals surface area contributed by atoms with E-state index in [1.54, 1.807) is 36.3 Å². The zero-order chi connectivity index (χ0) is 16.8. The Balaban J connectivity index is 2.04. The summed E-state index contributed by atoms with van der Waals surface area (Å²) in [5, 5.41) is 3.47. The van der Waals surface area contributed by atoms with Crippen molar-refractivity contribution >= 4 is 23.3 Å². The van der Waals surface area contributed by atoms with Crippen LogP contribution in [-0.4, -0.2) is 29.1 Å². The van der Waals surface area contributed by atoms with Crippen LogP contribution < -0.4 is 10.1 Å². The Morgan fingerprint density at radius 3 is 2.83 bits per heavy atom. The highest BCUT2D eigenvalue weighted by Crippen LogP contribution is 2.22. The van der Waals surface area contributed by atoms with Crippen molar-refractivity contribution in [2.24, 2.45) is 0 Å². The zero-order valence-corrected chi connectivity index (χ0v) is 14.2. The molecule has 1 aromatic carbocycles. The maximum atomic E-state index is 12.3. The molecule has 2 rings (SSSR count). The van der Waals surface area contributed by atoms with Crippen LogP contribution in [0.25, 0.3) is 0 Å². The van der Waals surface area contributed by atoms with Gasteiger partial charge in [0.2, 0.25) is 5.88 Å². The second kappa shape index (κ2) is 7.83. The quantitative estimate of drug-likeness (QED) is 0.892. The molecule has 0 aliphatic carbocycles. The number of pyridine rings is 1. The molecule has 2 amide bonds. The smallest absolute Gasteiger partial charge is 0.322 e. The zero-order valence-electron chi connectivity index (χ0n) is 13.4. The van der Waals surface area contributed by atoms with Crippen molar-refractivity contribution in [3.05, 3.63) is 53.2 Å². The topological polar surface area (TPSA) is 54.5 Å². The minimum absolute atomic E-state index is 0.0234. The molecule has 0 saturated carbocycles. The van der Waals surface area contributed by atoms with Gasteiger partial charge in [-0.25, -0.2) is 9.78 Å². The van der Waals surface area contributed by atoms with Crippen LogP contribution in [0.1, 0.15) is 19.4 Å². The van der Waals surface area contributed by atoms with E-state index in [1.807, 2.05) is 32.0 Å². The first-order valence-electron chi connectivity index (χ1n) is 7.34. The lowest BCUT2D eigenvalue weighted by Gasteiger charge is -2.19. The molecule has 23 heavy (non-hydrogen) atoms. The molecule has 0 radical (unpaired) electrons. The number of hydrogen-bond donors (Lipinski definition) is 1. The molecule has 0 aliphatic rings. The van der Waals surface area contributed by atoms with E-state index in [4.69, 9.17) is 16.3 Å². The average molecular weight is 334 g/mol. The van der Waals surface area contributed by atoms with E-state index in [-0.39, 0.29) is 12.1 Å². The van der Waals surface area contributed by atoms with Crippen molar-refractivity contribution in [3.8, 4) is 5.88 Å². The van der Waals surface area contributed by atoms with Gasteiger partial charge >= 0.3 is 6.03 Å². The molecule has 0 aliphatic heterocycles. The SMILES string of the molecule is CC(C)Oc1ncccc1NC(=O)N(C)Cc1cccc(Cl)c1. The third-order valence-electron chi connectivity index (χ3n) is 3.02. The molecular weight excluding hydrogens is 314 g/mol. The fourth-order valence-electron chi connectivity index (χ4n) is 1.99. The first kappa shape index (κ1) is 17.1. The molecule has 122 valence electrons. The Labute approximate surface area is 141 Å². The maximum absolute atomic E-state index is 12.3. The van der Waals surface area contributed by atoms with Crippen LogP contribution >= 0.6 is 11.6 Å². The third kappa shape index (κ3) is 5.14. The molecule has 5 nitrogen and oxygen atoms in total. The standard InChI is InChI=1S/C17H20ClN3O2/c1-12(2)23-16-15(8-5-9-19-16)20-17(22)21(3)11-13-6-4-7-14(18)10-13/h4-10,12H,11H2,1-3H3,(H,20,22). The molecule has 0 bridgehead atoms. The summed E-state index contributed by atoms with van der Waals surface area (Å²) in [6, 6.07) is 10.7. The van der Waals surface area contributed by atoms with Gasteiger partial charge in [0.1, 0.15) is 5.69 Å². The van der Waals surface area contributed by atoms with E-state index in [1.165, 1.54) is 0 Å². The first-order valence-corrected chi connectivity index (χ1v) is 7.71. The van der Waals surface area contributed by atoms with Gasteiger partial charge in [-0.3, -0.25) is 0 Å². The van der Waals surface area contributed by atoms with Gasteiger partial charge in [-0.05, 0) is 43.7 Å². The average Bonchev–Trinajstić information content (AvgIpc) is 2.48. The Morgan fingerprint density at radius 2 is 2.13 bits per heavy atom. The van der Waals surface area contributed by atoms with Gasteiger partial charge in [-0.15, -0.1) is 0 Å². The van der Waals surface area contributed by atoms with Crippen molar-refractivity contribution in [3.63, 3.8) is 0 Å². The van der Waals surface area contributed by atoms with Crippen molar-refractivity contribution in [1.82, 2.24) is 9.88 Å². The number of rotatable bonds is 5. The number of nitrogens with zero attached hydrogens (tertiary/aromatic N) is 2. The number of anilines is 1. The minimum atomic E-state index is -0.244. The molecule has 0 spiro atoms. The molecule has 1 N–H and O–H groups in total. The first-order chi connectivity index (χ1) is 11.0. The molecule has 1 aromatic heterocycles. The Kier molecular flexibility index (Phi) is 5.82. The molecule has 1 heterocycles. The van der Waals surface area contributed by atoms with E-state index in [9.17, 15) is 4.79 Å². The Bertz CT molecular complexity index is 676. The van der Waals surface area contributed by atoms with Crippen LogP contribution in [-0.2, 0) is 6.54 Å². The Hall–Kier alpha value is -2.27. The monoisotopic (exact) mass is 333 g/mol. The summed E-state index contributed by atoms with van der Waals surface area (Å²) < 4.78 is 5.60. The Morgan fingerprint density at radius 1 is 1.35 bits per heavy atom. The van der Waals surface area contributed by atoms with Crippen molar-refractivity contribution in [1.29, 1.82) is 0 Å². The molecule has 0 unspecified atom stereocenters. The number of carbonyl (C=O) groups excluding carboxylic acids is 1. The summed E-state index contributed by atoms with van der Waals surface area (Å²) in [6.45, 7) is 4.27. The summed E-state index contributed by atoms with van der Waals surface area (Å²) in [5.41, 5.74) is 1.50. The van der Waals surface area contributed by atoms with Crippen LogP contribution in [0.2, 0.25) is 5.02 Å². The number of ether oxygens (including phenoxy) is 1. The number of halogens is 1. The number of amides is 2. The second-order valence-electron chi connectivity index (χ2n) is 5.44. The normalized spacial score (nSPS) is 10.5. The van der Waals surface area contributed by atoms with Crippen LogP contribution in [0.3, 0.4) is 0 Å². The molecule has 0 fully saturated rings. The van der Waals surface area contributed by atoms with E-state index in [0.29, 0.717) is 23.1 Å². The van der Waals surface area contributed by atoms with Gasteiger partial charge < -0.3 is 15.0 Å². The maximum Gasteiger partial charge on any atom is 0.322 e. The summed E-state index contributed by atoms with van der Waals surface area (Å²) >= 11 is 5.96. The third-order valence-corrected chi connectivity index (χ3v) is 3.25. The molecule has 0 atom stereocenters. The van der Waals surface area contributed by atoms with Crippen molar-refractivity contribution in [2.45, 2.75) is 26.5 Å². The van der Waals surface area contributed by atoms with Crippen LogP contribution in [0.5, 0.6) is 5.88 Å². The number of aromatic nitrogens is 1. The van der Waals surface area contributed by atoms with Gasteiger partial charge in [-0.2, -0.15) is 0 Å². The largest absolute Gasteiger partial charge is 0.473 e. The van der Waals surface area contributed by atoms with Crippen molar-refractivity contribution in [2.75, 3.05) is 12.4 Å². The molecular formula is C17H20ClN3O2.